The van der Waals surface area contributed by atoms with E-state index in [0.717, 1.165) is 16.9 Å². The summed E-state index contributed by atoms with van der Waals surface area (Å²) < 4.78 is 6.81. The van der Waals surface area contributed by atoms with E-state index in [2.05, 4.69) is 10.3 Å². The lowest BCUT2D eigenvalue weighted by atomic mass is 10.3. The van der Waals surface area contributed by atoms with Gasteiger partial charge in [0.25, 0.3) is 0 Å². The van der Waals surface area contributed by atoms with E-state index in [0.29, 0.717) is 19.6 Å². The van der Waals surface area contributed by atoms with Crippen molar-refractivity contribution in [3.63, 3.8) is 0 Å². The minimum absolute atomic E-state index is 0.0342. The number of nitrogens with zero attached hydrogens (tertiary/aromatic N) is 2. The maximum absolute atomic E-state index is 11.6. The van der Waals surface area contributed by atoms with Gasteiger partial charge in [-0.3, -0.25) is 4.79 Å². The molecule has 5 nitrogen and oxygen atoms in total. The third-order valence-corrected chi connectivity index (χ3v) is 2.70. The Hall–Kier alpha value is -1.88. The third-order valence-electron chi connectivity index (χ3n) is 2.70. The predicted molar refractivity (Wildman–Crippen MR) is 68.5 cm³/mol. The first kappa shape index (κ1) is 12.6. The van der Waals surface area contributed by atoms with E-state index >= 15 is 0 Å². The topological polar surface area (TPSA) is 55.6 Å². The Balaban J connectivity index is 2.03. The molecule has 0 aliphatic rings. The number of rotatable bonds is 5. The molecular formula is C13H17N3O2. The summed E-state index contributed by atoms with van der Waals surface area (Å²) in [6.07, 6.45) is 4.12. The maximum atomic E-state index is 11.6. The standard InChI is InChI=1S/C13H17N3O2/c1-10-4-3-6-16-9-11(15-13(10)16)8-12(17)14-5-7-18-2/h3-4,6,9H,5,7-8H2,1-2H3,(H,14,17). The summed E-state index contributed by atoms with van der Waals surface area (Å²) in [5.41, 5.74) is 2.78. The summed E-state index contributed by atoms with van der Waals surface area (Å²) in [4.78, 5) is 16.1. The Bertz CT molecular complexity index is 548. The number of hydrogen-bond acceptors (Lipinski definition) is 3. The molecule has 18 heavy (non-hydrogen) atoms. The summed E-state index contributed by atoms with van der Waals surface area (Å²) >= 11 is 0. The summed E-state index contributed by atoms with van der Waals surface area (Å²) in [5, 5.41) is 2.78. The van der Waals surface area contributed by atoms with Crippen LogP contribution in [0.5, 0.6) is 0 Å². The van der Waals surface area contributed by atoms with Crippen LogP contribution in [0.4, 0.5) is 0 Å². The number of methoxy groups -OCH3 is 1. The van der Waals surface area contributed by atoms with E-state index in [9.17, 15) is 4.79 Å². The number of hydrogen-bond donors (Lipinski definition) is 1. The van der Waals surface area contributed by atoms with Gasteiger partial charge in [-0.2, -0.15) is 0 Å². The van der Waals surface area contributed by atoms with Crippen molar-refractivity contribution in [2.75, 3.05) is 20.3 Å². The number of pyridine rings is 1. The second kappa shape index (κ2) is 5.64. The molecule has 0 spiro atoms. The first-order valence-electron chi connectivity index (χ1n) is 5.89. The van der Waals surface area contributed by atoms with Crippen LogP contribution in [0.3, 0.4) is 0 Å². The molecule has 96 valence electrons. The second-order valence-corrected chi connectivity index (χ2v) is 4.17. The molecule has 0 aliphatic carbocycles. The normalized spacial score (nSPS) is 10.8. The van der Waals surface area contributed by atoms with Gasteiger partial charge in [0.1, 0.15) is 5.65 Å². The van der Waals surface area contributed by atoms with Gasteiger partial charge in [-0.25, -0.2) is 4.98 Å². The van der Waals surface area contributed by atoms with Crippen molar-refractivity contribution in [2.45, 2.75) is 13.3 Å². The third kappa shape index (κ3) is 2.87. The largest absolute Gasteiger partial charge is 0.383 e. The first-order chi connectivity index (χ1) is 8.70. The molecule has 2 rings (SSSR count). The van der Waals surface area contributed by atoms with E-state index < -0.39 is 0 Å². The summed E-state index contributed by atoms with van der Waals surface area (Å²) in [7, 11) is 1.61. The van der Waals surface area contributed by atoms with E-state index in [1.165, 1.54) is 0 Å². The van der Waals surface area contributed by atoms with Crippen molar-refractivity contribution in [1.82, 2.24) is 14.7 Å². The lowest BCUT2D eigenvalue weighted by molar-refractivity contribution is -0.120. The number of nitrogens with one attached hydrogen (secondary N) is 1. The van der Waals surface area contributed by atoms with Crippen LogP contribution in [0.2, 0.25) is 0 Å². The summed E-state index contributed by atoms with van der Waals surface area (Å²) in [6.45, 7) is 3.06. The molecule has 0 atom stereocenters. The predicted octanol–water partition coefficient (Wildman–Crippen LogP) is 0.948. The van der Waals surface area contributed by atoms with Gasteiger partial charge < -0.3 is 14.5 Å². The average molecular weight is 247 g/mol. The van der Waals surface area contributed by atoms with Crippen molar-refractivity contribution < 1.29 is 9.53 Å². The number of amides is 1. The number of imidazole rings is 1. The molecule has 0 unspecified atom stereocenters. The number of aromatic nitrogens is 2. The highest BCUT2D eigenvalue weighted by Gasteiger charge is 2.08. The number of aryl methyl sites for hydroxylation is 1. The molecule has 0 fully saturated rings. The van der Waals surface area contributed by atoms with Crippen molar-refractivity contribution in [3.8, 4) is 0 Å². The molecule has 5 heteroatoms. The van der Waals surface area contributed by atoms with Crippen LogP contribution in [0.25, 0.3) is 5.65 Å². The van der Waals surface area contributed by atoms with Gasteiger partial charge >= 0.3 is 0 Å². The summed E-state index contributed by atoms with van der Waals surface area (Å²) in [5.74, 6) is -0.0342. The Labute approximate surface area is 106 Å². The zero-order chi connectivity index (χ0) is 13.0. The Morgan fingerprint density at radius 2 is 2.39 bits per heavy atom. The van der Waals surface area contributed by atoms with Gasteiger partial charge in [-0.05, 0) is 18.6 Å². The molecule has 1 N–H and O–H groups in total. The van der Waals surface area contributed by atoms with Crippen LogP contribution >= 0.6 is 0 Å². The Morgan fingerprint density at radius 3 is 3.11 bits per heavy atom. The minimum atomic E-state index is -0.0342. The smallest absolute Gasteiger partial charge is 0.226 e. The van der Waals surface area contributed by atoms with Crippen LogP contribution in [0.1, 0.15) is 11.3 Å². The maximum Gasteiger partial charge on any atom is 0.226 e. The highest BCUT2D eigenvalue weighted by molar-refractivity contribution is 5.78. The van der Waals surface area contributed by atoms with E-state index in [1.807, 2.05) is 35.9 Å². The first-order valence-corrected chi connectivity index (χ1v) is 5.89. The van der Waals surface area contributed by atoms with Crippen LogP contribution in [0, 0.1) is 6.92 Å². The monoisotopic (exact) mass is 247 g/mol. The van der Waals surface area contributed by atoms with Crippen LogP contribution in [-0.4, -0.2) is 35.6 Å². The fraction of sp³-hybridized carbons (Fsp3) is 0.385. The van der Waals surface area contributed by atoms with E-state index in [1.54, 1.807) is 7.11 Å². The second-order valence-electron chi connectivity index (χ2n) is 4.17. The molecule has 2 heterocycles. The molecular weight excluding hydrogens is 230 g/mol. The SMILES string of the molecule is COCCNC(=O)Cc1cn2cccc(C)c2n1. The Kier molecular flexibility index (Phi) is 3.94. The van der Waals surface area contributed by atoms with Crippen molar-refractivity contribution >= 4 is 11.6 Å². The number of carbonyl (C=O) groups excluding carboxylic acids is 1. The molecule has 0 radical (unpaired) electrons. The highest BCUT2D eigenvalue weighted by Crippen LogP contribution is 2.10. The van der Waals surface area contributed by atoms with Crippen molar-refractivity contribution in [3.05, 3.63) is 35.8 Å². The van der Waals surface area contributed by atoms with Gasteiger partial charge in [-0.1, -0.05) is 6.07 Å². The molecule has 2 aromatic rings. The Morgan fingerprint density at radius 1 is 1.56 bits per heavy atom. The lowest BCUT2D eigenvalue weighted by Gasteiger charge is -2.01. The molecule has 0 saturated heterocycles. The molecule has 0 aromatic carbocycles. The number of ether oxygens (including phenoxy) is 1. The highest BCUT2D eigenvalue weighted by atomic mass is 16.5. The number of carbonyl (C=O) groups is 1. The van der Waals surface area contributed by atoms with E-state index in [-0.39, 0.29) is 5.91 Å². The van der Waals surface area contributed by atoms with Crippen molar-refractivity contribution in [2.24, 2.45) is 0 Å². The van der Waals surface area contributed by atoms with Gasteiger partial charge in [-0.15, -0.1) is 0 Å². The summed E-state index contributed by atoms with van der Waals surface area (Å²) in [6, 6.07) is 3.97. The van der Waals surface area contributed by atoms with Crippen LogP contribution < -0.4 is 5.32 Å². The molecule has 0 bridgehead atoms. The quantitative estimate of drug-likeness (QED) is 0.800. The van der Waals surface area contributed by atoms with Crippen LogP contribution in [-0.2, 0) is 16.0 Å². The molecule has 0 aliphatic heterocycles. The zero-order valence-electron chi connectivity index (χ0n) is 10.6. The lowest BCUT2D eigenvalue weighted by Crippen LogP contribution is -2.28. The number of fused-ring (bicyclic) bond motifs is 1. The van der Waals surface area contributed by atoms with Gasteiger partial charge in [0.15, 0.2) is 0 Å². The van der Waals surface area contributed by atoms with Gasteiger partial charge in [0, 0.05) is 26.0 Å². The zero-order valence-corrected chi connectivity index (χ0v) is 10.6. The molecule has 1 amide bonds. The fourth-order valence-corrected chi connectivity index (χ4v) is 1.81. The van der Waals surface area contributed by atoms with E-state index in [4.69, 9.17) is 4.74 Å². The average Bonchev–Trinajstić information content (AvgIpc) is 2.73. The molecule has 2 aromatic heterocycles. The fourth-order valence-electron chi connectivity index (χ4n) is 1.81. The van der Waals surface area contributed by atoms with Gasteiger partial charge in [0.05, 0.1) is 18.7 Å². The van der Waals surface area contributed by atoms with Gasteiger partial charge in [0.2, 0.25) is 5.91 Å². The minimum Gasteiger partial charge on any atom is -0.383 e. The van der Waals surface area contributed by atoms with Crippen molar-refractivity contribution in [1.29, 1.82) is 0 Å². The molecule has 0 saturated carbocycles. The van der Waals surface area contributed by atoms with Crippen LogP contribution in [0.15, 0.2) is 24.5 Å².